The van der Waals surface area contributed by atoms with Crippen LogP contribution in [0.25, 0.3) is 16.4 Å². The molecule has 0 saturated carbocycles. The normalized spacial score (nSPS) is 11.8. The molecule has 0 aliphatic rings. The van der Waals surface area contributed by atoms with Gasteiger partial charge in [-0.15, -0.1) is 15.3 Å². The van der Waals surface area contributed by atoms with Gasteiger partial charge in [0.25, 0.3) is 5.82 Å². The molecule has 2 aromatic carbocycles. The first-order valence-corrected chi connectivity index (χ1v) is 8.16. The molecule has 2 heterocycles. The minimum absolute atomic E-state index is 0.0280. The highest BCUT2D eigenvalue weighted by Gasteiger charge is 2.37. The number of ether oxygens (including phenoxy) is 1. The van der Waals surface area contributed by atoms with Gasteiger partial charge in [-0.05, 0) is 35.0 Å². The van der Waals surface area contributed by atoms with Crippen LogP contribution >= 0.6 is 0 Å². The second-order valence-corrected chi connectivity index (χ2v) is 5.79. The summed E-state index contributed by atoms with van der Waals surface area (Å²) < 4.78 is 45.0. The quantitative estimate of drug-likeness (QED) is 0.539. The van der Waals surface area contributed by atoms with Crippen molar-refractivity contribution in [2.24, 2.45) is 0 Å². The van der Waals surface area contributed by atoms with E-state index in [4.69, 9.17) is 4.74 Å². The van der Waals surface area contributed by atoms with E-state index in [9.17, 15) is 13.2 Å². The van der Waals surface area contributed by atoms with Crippen LogP contribution in [0.15, 0.2) is 54.6 Å². The number of anilines is 1. The largest absolute Gasteiger partial charge is 0.492 e. The van der Waals surface area contributed by atoms with Crippen LogP contribution in [0, 0.1) is 0 Å². The van der Waals surface area contributed by atoms with E-state index in [1.165, 1.54) is 6.07 Å². The summed E-state index contributed by atoms with van der Waals surface area (Å²) in [7, 11) is 0. The zero-order valence-electron chi connectivity index (χ0n) is 13.9. The van der Waals surface area contributed by atoms with E-state index in [2.05, 4.69) is 20.6 Å². The van der Waals surface area contributed by atoms with Gasteiger partial charge in [-0.1, -0.05) is 30.3 Å². The predicted molar refractivity (Wildman–Crippen MR) is 93.7 cm³/mol. The van der Waals surface area contributed by atoms with Crippen LogP contribution in [-0.4, -0.2) is 33.0 Å². The smallest absolute Gasteiger partial charge is 0.453 e. The second kappa shape index (κ2) is 6.75. The molecule has 0 aliphatic carbocycles. The monoisotopic (exact) mass is 373 g/mol. The third-order valence-electron chi connectivity index (χ3n) is 3.91. The van der Waals surface area contributed by atoms with Crippen molar-refractivity contribution in [3.63, 3.8) is 0 Å². The Morgan fingerprint density at radius 1 is 0.963 bits per heavy atom. The minimum atomic E-state index is -4.62. The molecule has 138 valence electrons. The number of benzene rings is 2. The van der Waals surface area contributed by atoms with E-state index in [0.717, 1.165) is 16.5 Å². The molecule has 0 spiro atoms. The zero-order valence-corrected chi connectivity index (χ0v) is 13.9. The van der Waals surface area contributed by atoms with Crippen molar-refractivity contribution >= 4 is 22.2 Å². The standard InChI is InChI=1S/C18H14F3N5O/c19-18(20,21)17-24-23-16-8-7-15(25-26(16)17)22-9-10-27-14-6-5-12-3-1-2-4-13(12)11-14/h1-8,11H,9-10H2,(H,22,25). The Bertz CT molecular complexity index is 1090. The van der Waals surface area contributed by atoms with Gasteiger partial charge in [-0.3, -0.25) is 0 Å². The summed E-state index contributed by atoms with van der Waals surface area (Å²) in [6, 6.07) is 16.7. The van der Waals surface area contributed by atoms with Gasteiger partial charge in [0.15, 0.2) is 5.65 Å². The molecule has 4 aromatic rings. The molecule has 0 atom stereocenters. The summed E-state index contributed by atoms with van der Waals surface area (Å²) in [4.78, 5) is 0. The summed E-state index contributed by atoms with van der Waals surface area (Å²) in [5, 5.41) is 15.6. The summed E-state index contributed by atoms with van der Waals surface area (Å²) in [6.45, 7) is 0.696. The van der Waals surface area contributed by atoms with Crippen molar-refractivity contribution < 1.29 is 17.9 Å². The number of rotatable bonds is 5. The number of nitrogens with zero attached hydrogens (tertiary/aromatic N) is 4. The minimum Gasteiger partial charge on any atom is -0.492 e. The molecule has 0 bridgehead atoms. The Morgan fingerprint density at radius 2 is 1.78 bits per heavy atom. The molecule has 9 heteroatoms. The Labute approximate surface area is 151 Å². The lowest BCUT2D eigenvalue weighted by Gasteiger charge is -2.09. The van der Waals surface area contributed by atoms with Crippen LogP contribution < -0.4 is 10.1 Å². The molecular weight excluding hydrogens is 359 g/mol. The third-order valence-corrected chi connectivity index (χ3v) is 3.91. The first-order valence-electron chi connectivity index (χ1n) is 8.16. The van der Waals surface area contributed by atoms with Crippen LogP contribution in [-0.2, 0) is 6.18 Å². The molecule has 0 amide bonds. The van der Waals surface area contributed by atoms with E-state index in [1.807, 2.05) is 42.5 Å². The summed E-state index contributed by atoms with van der Waals surface area (Å²) in [5.74, 6) is -0.166. The molecule has 6 nitrogen and oxygen atoms in total. The SMILES string of the molecule is FC(F)(F)c1nnc2ccc(NCCOc3ccc4ccccc4c3)nn12. The highest BCUT2D eigenvalue weighted by atomic mass is 19.4. The van der Waals surface area contributed by atoms with E-state index in [-0.39, 0.29) is 11.5 Å². The van der Waals surface area contributed by atoms with Gasteiger partial charge in [0.05, 0.1) is 6.54 Å². The summed E-state index contributed by atoms with van der Waals surface area (Å²) in [6.07, 6.45) is -4.62. The van der Waals surface area contributed by atoms with Gasteiger partial charge >= 0.3 is 6.18 Å². The second-order valence-electron chi connectivity index (χ2n) is 5.79. The number of hydrogen-bond acceptors (Lipinski definition) is 5. The molecule has 0 fully saturated rings. The first kappa shape index (κ1) is 17.1. The summed E-state index contributed by atoms with van der Waals surface area (Å²) in [5.41, 5.74) is 0.0280. The van der Waals surface area contributed by atoms with Crippen molar-refractivity contribution in [3.8, 4) is 5.75 Å². The molecule has 0 saturated heterocycles. The molecule has 1 N–H and O–H groups in total. The number of nitrogens with one attached hydrogen (secondary N) is 1. The fraction of sp³-hybridized carbons (Fsp3) is 0.167. The first-order chi connectivity index (χ1) is 13.0. The zero-order chi connectivity index (χ0) is 18.9. The van der Waals surface area contributed by atoms with Crippen LogP contribution in [0.1, 0.15) is 5.82 Å². The van der Waals surface area contributed by atoms with Crippen molar-refractivity contribution in [1.29, 1.82) is 0 Å². The number of alkyl halides is 3. The van der Waals surface area contributed by atoms with E-state index >= 15 is 0 Å². The van der Waals surface area contributed by atoms with Gasteiger partial charge in [0, 0.05) is 0 Å². The Balaban J connectivity index is 1.39. The Morgan fingerprint density at radius 3 is 2.59 bits per heavy atom. The van der Waals surface area contributed by atoms with Crippen molar-refractivity contribution in [2.75, 3.05) is 18.5 Å². The topological polar surface area (TPSA) is 64.3 Å². The molecule has 4 rings (SSSR count). The van der Waals surface area contributed by atoms with Gasteiger partial charge < -0.3 is 10.1 Å². The average Bonchev–Trinajstić information content (AvgIpc) is 3.09. The molecule has 0 radical (unpaired) electrons. The molecule has 2 aromatic heterocycles. The highest BCUT2D eigenvalue weighted by Crippen LogP contribution is 2.27. The highest BCUT2D eigenvalue weighted by molar-refractivity contribution is 5.83. The maximum absolute atomic E-state index is 12.9. The molecule has 27 heavy (non-hydrogen) atoms. The van der Waals surface area contributed by atoms with Gasteiger partial charge in [-0.25, -0.2) is 0 Å². The lowest BCUT2D eigenvalue weighted by Crippen LogP contribution is -2.15. The Hall–Kier alpha value is -3.36. The number of aromatic nitrogens is 4. The van der Waals surface area contributed by atoms with E-state index in [1.54, 1.807) is 6.07 Å². The van der Waals surface area contributed by atoms with Gasteiger partial charge in [0.1, 0.15) is 18.2 Å². The lowest BCUT2D eigenvalue weighted by molar-refractivity contribution is -0.146. The molecule has 0 unspecified atom stereocenters. The van der Waals surface area contributed by atoms with Crippen molar-refractivity contribution in [2.45, 2.75) is 6.18 Å². The van der Waals surface area contributed by atoms with Gasteiger partial charge in [-0.2, -0.15) is 17.7 Å². The Kier molecular flexibility index (Phi) is 4.27. The fourth-order valence-electron chi connectivity index (χ4n) is 2.67. The number of hydrogen-bond donors (Lipinski definition) is 1. The maximum Gasteiger partial charge on any atom is 0.453 e. The van der Waals surface area contributed by atoms with Crippen molar-refractivity contribution in [3.05, 3.63) is 60.4 Å². The van der Waals surface area contributed by atoms with Crippen molar-refractivity contribution in [1.82, 2.24) is 19.8 Å². The third kappa shape index (κ3) is 3.62. The van der Waals surface area contributed by atoms with Crippen LogP contribution in [0.3, 0.4) is 0 Å². The number of halogens is 3. The molecule has 0 aliphatic heterocycles. The van der Waals surface area contributed by atoms with E-state index < -0.39 is 12.0 Å². The number of fused-ring (bicyclic) bond motifs is 2. The predicted octanol–water partition coefficient (Wildman–Crippen LogP) is 3.79. The maximum atomic E-state index is 12.9. The van der Waals surface area contributed by atoms with Gasteiger partial charge in [0.2, 0.25) is 0 Å². The van der Waals surface area contributed by atoms with Crippen LogP contribution in [0.4, 0.5) is 19.0 Å². The summed E-state index contributed by atoms with van der Waals surface area (Å²) >= 11 is 0. The fourth-order valence-corrected chi connectivity index (χ4v) is 2.67. The van der Waals surface area contributed by atoms with Crippen LogP contribution in [0.5, 0.6) is 5.75 Å². The van der Waals surface area contributed by atoms with E-state index in [0.29, 0.717) is 17.7 Å². The lowest BCUT2D eigenvalue weighted by atomic mass is 10.1. The molecular formula is C18H14F3N5O. The average molecular weight is 373 g/mol. The van der Waals surface area contributed by atoms with Crippen LogP contribution in [0.2, 0.25) is 0 Å².